The van der Waals surface area contributed by atoms with Gasteiger partial charge in [-0.1, -0.05) is 18.6 Å². The number of hydrogen-bond donors (Lipinski definition) is 2. The van der Waals surface area contributed by atoms with Gasteiger partial charge in [0.25, 0.3) is 5.91 Å². The third kappa shape index (κ3) is 3.60. The van der Waals surface area contributed by atoms with Crippen LogP contribution in [0.3, 0.4) is 0 Å². The molecule has 1 saturated carbocycles. The fraction of sp³-hybridized carbons (Fsp3) is 0.421. The maximum absolute atomic E-state index is 13.2. The monoisotopic (exact) mass is 366 g/mol. The van der Waals surface area contributed by atoms with Gasteiger partial charge in [-0.15, -0.1) is 10.2 Å². The topological polar surface area (TPSA) is 106 Å². The number of nitrogens with zero attached hydrogens (tertiary/aromatic N) is 4. The second-order valence-corrected chi connectivity index (χ2v) is 6.84. The molecule has 0 saturated heterocycles. The van der Waals surface area contributed by atoms with Gasteiger partial charge in [0, 0.05) is 17.0 Å². The summed E-state index contributed by atoms with van der Waals surface area (Å²) in [7, 11) is 1.61. The number of fused-ring (bicyclic) bond motifs is 1. The number of H-pyrrole nitrogens is 1. The lowest BCUT2D eigenvalue weighted by Crippen LogP contribution is -2.29. The van der Waals surface area contributed by atoms with Crippen molar-refractivity contribution in [2.24, 2.45) is 0 Å². The number of pyridine rings is 1. The predicted molar refractivity (Wildman–Crippen MR) is 99.6 cm³/mol. The molecule has 3 aromatic rings. The van der Waals surface area contributed by atoms with Gasteiger partial charge in [-0.25, -0.2) is 0 Å². The highest BCUT2D eigenvalue weighted by Crippen LogP contribution is 2.40. The lowest BCUT2D eigenvalue weighted by atomic mass is 10.0. The van der Waals surface area contributed by atoms with Crippen molar-refractivity contribution in [3.05, 3.63) is 41.3 Å². The number of benzene rings is 1. The Morgan fingerprint density at radius 2 is 2.22 bits per heavy atom. The molecule has 8 heteroatoms. The summed E-state index contributed by atoms with van der Waals surface area (Å²) >= 11 is 0. The average molecular weight is 366 g/mol. The van der Waals surface area contributed by atoms with Gasteiger partial charge in [-0.3, -0.25) is 9.78 Å². The molecule has 1 aliphatic carbocycles. The van der Waals surface area contributed by atoms with Crippen LogP contribution in [0.4, 0.5) is 0 Å². The molecule has 0 spiro atoms. The Morgan fingerprint density at radius 3 is 2.89 bits per heavy atom. The van der Waals surface area contributed by atoms with Crippen LogP contribution in [0.2, 0.25) is 0 Å². The van der Waals surface area contributed by atoms with E-state index in [0.29, 0.717) is 23.1 Å². The van der Waals surface area contributed by atoms with Crippen molar-refractivity contribution in [1.29, 1.82) is 0 Å². The van der Waals surface area contributed by atoms with Crippen LogP contribution >= 0.6 is 0 Å². The highest BCUT2D eigenvalue weighted by molar-refractivity contribution is 6.06. The van der Waals surface area contributed by atoms with E-state index in [1.54, 1.807) is 7.11 Å². The van der Waals surface area contributed by atoms with Crippen molar-refractivity contribution in [2.45, 2.75) is 44.6 Å². The molecule has 2 aromatic heterocycles. The molecule has 2 N–H and O–H groups in total. The van der Waals surface area contributed by atoms with Gasteiger partial charge >= 0.3 is 0 Å². The number of amides is 1. The van der Waals surface area contributed by atoms with Gasteiger partial charge in [0.15, 0.2) is 5.82 Å². The molecule has 140 valence electrons. The fourth-order valence-electron chi connectivity index (χ4n) is 3.24. The number of nitrogens with one attached hydrogen (secondary N) is 2. The van der Waals surface area contributed by atoms with Crippen molar-refractivity contribution in [3.8, 4) is 5.75 Å². The van der Waals surface area contributed by atoms with E-state index < -0.39 is 0 Å². The summed E-state index contributed by atoms with van der Waals surface area (Å²) in [5.41, 5.74) is 2.38. The van der Waals surface area contributed by atoms with E-state index in [0.717, 1.165) is 42.3 Å². The van der Waals surface area contributed by atoms with E-state index in [1.165, 1.54) is 0 Å². The van der Waals surface area contributed by atoms with Crippen LogP contribution in [0.25, 0.3) is 10.9 Å². The van der Waals surface area contributed by atoms with E-state index in [9.17, 15) is 4.79 Å². The fourth-order valence-corrected chi connectivity index (χ4v) is 3.24. The standard InChI is InChI=1S/C19H22N6O2/c1-3-4-16(18-22-24-25-23-18)21-19(26)14-10-17(11-5-6-11)20-15-8-7-12(27-2)9-13(14)15/h7-11,16H,3-6H2,1-2H3,(H,21,26)(H,22,23,24,25). The Bertz CT molecular complexity index is 952. The van der Waals surface area contributed by atoms with Crippen molar-refractivity contribution >= 4 is 16.8 Å². The lowest BCUT2D eigenvalue weighted by molar-refractivity contribution is 0.0934. The van der Waals surface area contributed by atoms with Crippen molar-refractivity contribution < 1.29 is 9.53 Å². The predicted octanol–water partition coefficient (Wildman–Crippen LogP) is 2.91. The number of carbonyl (C=O) groups is 1. The van der Waals surface area contributed by atoms with Crippen LogP contribution < -0.4 is 10.1 Å². The van der Waals surface area contributed by atoms with Gasteiger partial charge in [-0.05, 0) is 43.5 Å². The first kappa shape index (κ1) is 17.4. The van der Waals surface area contributed by atoms with Crippen LogP contribution in [0, 0.1) is 0 Å². The van der Waals surface area contributed by atoms with Crippen molar-refractivity contribution in [1.82, 2.24) is 30.9 Å². The van der Waals surface area contributed by atoms with E-state index in [4.69, 9.17) is 9.72 Å². The minimum atomic E-state index is -0.292. The Morgan fingerprint density at radius 1 is 1.37 bits per heavy atom. The molecule has 1 aromatic carbocycles. The Kier molecular flexibility index (Phi) is 4.70. The number of carbonyl (C=O) groups excluding carboxylic acids is 1. The number of methoxy groups -OCH3 is 1. The summed E-state index contributed by atoms with van der Waals surface area (Å²) in [6.45, 7) is 2.05. The number of rotatable bonds is 7. The minimum absolute atomic E-state index is 0.166. The number of tetrazole rings is 1. The molecule has 8 nitrogen and oxygen atoms in total. The van der Waals surface area contributed by atoms with Crippen LogP contribution in [0.1, 0.15) is 66.4 Å². The number of ether oxygens (including phenoxy) is 1. The number of hydrogen-bond acceptors (Lipinski definition) is 6. The van der Waals surface area contributed by atoms with Crippen LogP contribution in [-0.2, 0) is 0 Å². The molecule has 0 aliphatic heterocycles. The first-order chi connectivity index (χ1) is 13.2. The molecule has 1 atom stereocenters. The molecule has 0 radical (unpaired) electrons. The van der Waals surface area contributed by atoms with Gasteiger partial charge < -0.3 is 10.1 Å². The summed E-state index contributed by atoms with van der Waals surface area (Å²) in [5, 5.41) is 18.0. The normalized spacial score (nSPS) is 14.9. The van der Waals surface area contributed by atoms with Crippen LogP contribution in [0.5, 0.6) is 5.75 Å². The minimum Gasteiger partial charge on any atom is -0.497 e. The van der Waals surface area contributed by atoms with E-state index in [2.05, 4.69) is 32.9 Å². The summed E-state index contributed by atoms with van der Waals surface area (Å²) in [6, 6.07) is 7.25. The maximum Gasteiger partial charge on any atom is 0.252 e. The number of aromatic nitrogens is 5. The van der Waals surface area contributed by atoms with Gasteiger partial charge in [0.2, 0.25) is 0 Å². The van der Waals surface area contributed by atoms with Gasteiger partial charge in [-0.2, -0.15) is 5.21 Å². The molecule has 2 heterocycles. The zero-order chi connectivity index (χ0) is 18.8. The first-order valence-corrected chi connectivity index (χ1v) is 9.22. The second kappa shape index (κ2) is 7.30. The quantitative estimate of drug-likeness (QED) is 0.666. The molecular weight excluding hydrogens is 344 g/mol. The first-order valence-electron chi connectivity index (χ1n) is 9.22. The molecule has 27 heavy (non-hydrogen) atoms. The van der Waals surface area contributed by atoms with Gasteiger partial charge in [0.1, 0.15) is 5.75 Å². The maximum atomic E-state index is 13.2. The van der Waals surface area contributed by atoms with Gasteiger partial charge in [0.05, 0.1) is 24.2 Å². The van der Waals surface area contributed by atoms with E-state index >= 15 is 0 Å². The summed E-state index contributed by atoms with van der Waals surface area (Å²) in [4.78, 5) is 17.9. The van der Waals surface area contributed by atoms with Crippen molar-refractivity contribution in [3.63, 3.8) is 0 Å². The third-order valence-corrected chi connectivity index (χ3v) is 4.83. The average Bonchev–Trinajstić information content (AvgIpc) is 3.40. The third-order valence-electron chi connectivity index (χ3n) is 4.83. The molecule has 0 bridgehead atoms. The summed E-state index contributed by atoms with van der Waals surface area (Å²) in [5.74, 6) is 1.47. The number of aromatic amines is 1. The second-order valence-electron chi connectivity index (χ2n) is 6.84. The van der Waals surface area contributed by atoms with Crippen LogP contribution in [-0.4, -0.2) is 38.6 Å². The molecule has 1 amide bonds. The SMILES string of the molecule is CCCC(NC(=O)c1cc(C2CC2)nc2ccc(OC)cc12)c1nn[nH]n1. The van der Waals surface area contributed by atoms with Crippen molar-refractivity contribution in [2.75, 3.05) is 7.11 Å². The highest BCUT2D eigenvalue weighted by Gasteiger charge is 2.28. The Labute approximate surface area is 156 Å². The zero-order valence-electron chi connectivity index (χ0n) is 15.4. The molecule has 1 aliphatic rings. The zero-order valence-corrected chi connectivity index (χ0v) is 15.4. The van der Waals surface area contributed by atoms with E-state index in [-0.39, 0.29) is 11.9 Å². The Hall–Kier alpha value is -3.03. The summed E-state index contributed by atoms with van der Waals surface area (Å²) < 4.78 is 5.33. The smallest absolute Gasteiger partial charge is 0.252 e. The molecule has 1 fully saturated rings. The Balaban J connectivity index is 1.72. The largest absolute Gasteiger partial charge is 0.497 e. The van der Waals surface area contributed by atoms with Crippen LogP contribution in [0.15, 0.2) is 24.3 Å². The summed E-state index contributed by atoms with van der Waals surface area (Å²) in [6.07, 6.45) is 3.86. The molecule has 1 unspecified atom stereocenters. The highest BCUT2D eigenvalue weighted by atomic mass is 16.5. The lowest BCUT2D eigenvalue weighted by Gasteiger charge is -2.16. The van der Waals surface area contributed by atoms with E-state index in [1.807, 2.05) is 24.3 Å². The molecular formula is C19H22N6O2. The molecule has 4 rings (SSSR count).